The molecule has 0 saturated heterocycles. The Balaban J connectivity index is 0. The number of quaternary nitrogens is 1. The highest BCUT2D eigenvalue weighted by molar-refractivity contribution is 7.45. The molecule has 0 amide bonds. The molecule has 0 rings (SSSR count). The predicted octanol–water partition coefficient (Wildman–Crippen LogP) is 3.29. The number of hydrogen-bond acceptors (Lipinski definition) is 1. The lowest BCUT2D eigenvalue weighted by atomic mass is 10.1. The number of nitrogens with zero attached hydrogens (tertiary/aromatic N) is 1. The van der Waals surface area contributed by atoms with Gasteiger partial charge in [-0.2, -0.15) is 0 Å². The van der Waals surface area contributed by atoms with E-state index < -0.39 is 7.82 Å². The van der Waals surface area contributed by atoms with Gasteiger partial charge in [-0.25, -0.2) is 4.57 Å². The average molecular weight is 312 g/mol. The molecule has 0 unspecified atom stereocenters. The first-order chi connectivity index (χ1) is 9.12. The van der Waals surface area contributed by atoms with Crippen molar-refractivity contribution in [3.05, 3.63) is 0 Å². The SMILES string of the molecule is CCCCCCCCCC[N+](C)(C)CC.O=P(O)(O)O. The van der Waals surface area contributed by atoms with E-state index in [1.165, 1.54) is 68.9 Å². The van der Waals surface area contributed by atoms with E-state index in [1.54, 1.807) is 0 Å². The Morgan fingerprint density at radius 3 is 1.50 bits per heavy atom. The van der Waals surface area contributed by atoms with Gasteiger partial charge in [-0.05, 0) is 19.8 Å². The molecule has 6 heteroatoms. The van der Waals surface area contributed by atoms with Crippen LogP contribution in [0.15, 0.2) is 0 Å². The maximum atomic E-state index is 8.88. The Kier molecular flexibility index (Phi) is 14.3. The molecular formula is C14H35NO4P+. The molecular weight excluding hydrogens is 277 g/mol. The lowest BCUT2D eigenvalue weighted by Crippen LogP contribution is -2.39. The lowest BCUT2D eigenvalue weighted by molar-refractivity contribution is -0.888. The van der Waals surface area contributed by atoms with Crippen LogP contribution >= 0.6 is 7.82 Å². The number of hydrogen-bond donors (Lipinski definition) is 3. The molecule has 0 spiro atoms. The topological polar surface area (TPSA) is 77.8 Å². The third-order valence-corrected chi connectivity index (χ3v) is 3.47. The first kappa shape index (κ1) is 22.4. The van der Waals surface area contributed by atoms with Crippen molar-refractivity contribution in [2.45, 2.75) is 65.2 Å². The summed E-state index contributed by atoms with van der Waals surface area (Å²) in [6.45, 7) is 7.18. The lowest BCUT2D eigenvalue weighted by Gasteiger charge is -2.28. The molecule has 20 heavy (non-hydrogen) atoms. The molecule has 0 aliphatic carbocycles. The summed E-state index contributed by atoms with van der Waals surface area (Å²) in [5, 5.41) is 0. The Morgan fingerprint density at radius 2 is 1.15 bits per heavy atom. The molecule has 5 nitrogen and oxygen atoms in total. The monoisotopic (exact) mass is 312 g/mol. The normalized spacial score (nSPS) is 11.9. The third-order valence-electron chi connectivity index (χ3n) is 3.47. The van der Waals surface area contributed by atoms with E-state index in [4.69, 9.17) is 19.2 Å². The minimum atomic E-state index is -4.64. The molecule has 3 N–H and O–H groups in total. The second-order valence-electron chi connectivity index (χ2n) is 5.96. The van der Waals surface area contributed by atoms with Crippen LogP contribution in [0.2, 0.25) is 0 Å². The quantitative estimate of drug-likeness (QED) is 0.328. The van der Waals surface area contributed by atoms with Gasteiger partial charge in [-0.15, -0.1) is 0 Å². The highest BCUT2D eigenvalue weighted by Gasteiger charge is 2.09. The van der Waals surface area contributed by atoms with Crippen molar-refractivity contribution in [1.29, 1.82) is 0 Å². The van der Waals surface area contributed by atoms with Crippen molar-refractivity contribution >= 4 is 7.82 Å². The standard InChI is InChI=1S/C14H32N.H3O4P/c1-5-7-8-9-10-11-12-13-14-15(3,4)6-2;1-5(2,3)4/h5-14H2,1-4H3;(H3,1,2,3,4)/q+1;. The molecule has 0 aromatic rings. The van der Waals surface area contributed by atoms with Gasteiger partial charge >= 0.3 is 7.82 Å². The van der Waals surface area contributed by atoms with Crippen LogP contribution in [0.25, 0.3) is 0 Å². The van der Waals surface area contributed by atoms with E-state index in [-0.39, 0.29) is 0 Å². The van der Waals surface area contributed by atoms with Crippen molar-refractivity contribution in [2.24, 2.45) is 0 Å². The van der Waals surface area contributed by atoms with E-state index in [9.17, 15) is 0 Å². The molecule has 0 radical (unpaired) electrons. The summed E-state index contributed by atoms with van der Waals surface area (Å²) in [4.78, 5) is 21.6. The summed E-state index contributed by atoms with van der Waals surface area (Å²) in [6.07, 6.45) is 11.5. The molecule has 0 fully saturated rings. The Bertz CT molecular complexity index is 245. The molecule has 0 atom stereocenters. The van der Waals surface area contributed by atoms with Crippen LogP contribution in [0.5, 0.6) is 0 Å². The minimum Gasteiger partial charge on any atom is -0.329 e. The zero-order valence-corrected chi connectivity index (χ0v) is 14.6. The van der Waals surface area contributed by atoms with Crippen LogP contribution in [0.1, 0.15) is 65.2 Å². The van der Waals surface area contributed by atoms with Gasteiger partial charge in [0.05, 0.1) is 27.2 Å². The first-order valence-electron chi connectivity index (χ1n) is 7.72. The van der Waals surface area contributed by atoms with Crippen molar-refractivity contribution in [1.82, 2.24) is 0 Å². The summed E-state index contributed by atoms with van der Waals surface area (Å²) < 4.78 is 10.1. The van der Waals surface area contributed by atoms with Gasteiger partial charge in [0.15, 0.2) is 0 Å². The van der Waals surface area contributed by atoms with Crippen molar-refractivity contribution < 1.29 is 23.7 Å². The van der Waals surface area contributed by atoms with Crippen LogP contribution in [-0.4, -0.2) is 46.3 Å². The minimum absolute atomic E-state index is 1.19. The van der Waals surface area contributed by atoms with Crippen molar-refractivity contribution in [3.8, 4) is 0 Å². The first-order valence-corrected chi connectivity index (χ1v) is 9.29. The predicted molar refractivity (Wildman–Crippen MR) is 84.4 cm³/mol. The van der Waals surface area contributed by atoms with Gasteiger partial charge in [0.2, 0.25) is 0 Å². The van der Waals surface area contributed by atoms with E-state index in [0.717, 1.165) is 0 Å². The zero-order chi connectivity index (χ0) is 16.1. The highest BCUT2D eigenvalue weighted by Crippen LogP contribution is 2.25. The second kappa shape index (κ2) is 12.8. The highest BCUT2D eigenvalue weighted by atomic mass is 31.2. The summed E-state index contributed by atoms with van der Waals surface area (Å²) in [6, 6.07) is 0. The van der Waals surface area contributed by atoms with Crippen molar-refractivity contribution in [2.75, 3.05) is 27.2 Å². The van der Waals surface area contributed by atoms with E-state index >= 15 is 0 Å². The van der Waals surface area contributed by atoms with Gasteiger partial charge in [0, 0.05) is 0 Å². The van der Waals surface area contributed by atoms with E-state index in [0.29, 0.717) is 0 Å². The maximum absolute atomic E-state index is 8.88. The Labute approximate surface area is 124 Å². The fourth-order valence-electron chi connectivity index (χ4n) is 1.83. The molecule has 0 bridgehead atoms. The average Bonchev–Trinajstić information content (AvgIpc) is 2.30. The fourth-order valence-corrected chi connectivity index (χ4v) is 1.83. The van der Waals surface area contributed by atoms with Crippen LogP contribution in [-0.2, 0) is 4.57 Å². The van der Waals surface area contributed by atoms with Crippen LogP contribution in [0.4, 0.5) is 0 Å². The van der Waals surface area contributed by atoms with Crippen LogP contribution in [0.3, 0.4) is 0 Å². The molecule has 0 aromatic carbocycles. The van der Waals surface area contributed by atoms with Crippen molar-refractivity contribution in [3.63, 3.8) is 0 Å². The number of phosphoric acid groups is 1. The second-order valence-corrected chi connectivity index (χ2v) is 6.99. The number of rotatable bonds is 10. The Hall–Kier alpha value is 0.0700. The smallest absolute Gasteiger partial charge is 0.329 e. The molecule has 0 aromatic heterocycles. The van der Waals surface area contributed by atoms with E-state index in [1.807, 2.05) is 0 Å². The van der Waals surface area contributed by atoms with E-state index in [2.05, 4.69) is 27.9 Å². The summed E-state index contributed by atoms with van der Waals surface area (Å²) in [7, 11) is 0.0303. The summed E-state index contributed by atoms with van der Waals surface area (Å²) >= 11 is 0. The van der Waals surface area contributed by atoms with Crippen LogP contribution < -0.4 is 0 Å². The summed E-state index contributed by atoms with van der Waals surface area (Å²) in [5.41, 5.74) is 0. The largest absolute Gasteiger partial charge is 0.466 e. The molecule has 0 aliphatic rings. The maximum Gasteiger partial charge on any atom is 0.466 e. The van der Waals surface area contributed by atoms with Gasteiger partial charge in [0.25, 0.3) is 0 Å². The molecule has 0 aliphatic heterocycles. The molecule has 0 heterocycles. The third kappa shape index (κ3) is 26.6. The van der Waals surface area contributed by atoms with Gasteiger partial charge in [-0.3, -0.25) is 0 Å². The number of unbranched alkanes of at least 4 members (excludes halogenated alkanes) is 7. The Morgan fingerprint density at radius 1 is 0.800 bits per heavy atom. The molecule has 0 saturated carbocycles. The zero-order valence-electron chi connectivity index (χ0n) is 13.7. The van der Waals surface area contributed by atoms with Gasteiger partial charge in [0.1, 0.15) is 0 Å². The fraction of sp³-hybridized carbons (Fsp3) is 1.00. The van der Waals surface area contributed by atoms with Gasteiger partial charge in [-0.1, -0.05) is 45.4 Å². The van der Waals surface area contributed by atoms with Crippen LogP contribution in [0, 0.1) is 0 Å². The van der Waals surface area contributed by atoms with Gasteiger partial charge < -0.3 is 19.2 Å². The summed E-state index contributed by atoms with van der Waals surface area (Å²) in [5.74, 6) is 0. The molecule has 124 valence electrons.